The van der Waals surface area contributed by atoms with Crippen molar-refractivity contribution in [2.45, 2.75) is 65.5 Å². The maximum absolute atomic E-state index is 11.9. The maximum Gasteiger partial charge on any atom is 0.260 e. The number of hydrogen-bond acceptors (Lipinski definition) is 2. The molecule has 112 valence electrons. The summed E-state index contributed by atoms with van der Waals surface area (Å²) < 4.78 is 5.68. The molecule has 0 fully saturated rings. The van der Waals surface area contributed by atoms with E-state index in [2.05, 4.69) is 38.2 Å². The molecule has 0 saturated heterocycles. The third kappa shape index (κ3) is 4.87. The summed E-state index contributed by atoms with van der Waals surface area (Å²) in [7, 11) is 0. The third-order valence-electron chi connectivity index (χ3n) is 3.40. The first kappa shape index (κ1) is 16.5. The third-order valence-corrected chi connectivity index (χ3v) is 3.40. The van der Waals surface area contributed by atoms with Crippen LogP contribution in [0.1, 0.15) is 53.5 Å². The van der Waals surface area contributed by atoms with E-state index >= 15 is 0 Å². The van der Waals surface area contributed by atoms with Crippen LogP contribution in [0.15, 0.2) is 24.3 Å². The number of carbonyl (C=O) groups excluding carboxylic acids is 1. The average Bonchev–Trinajstić information content (AvgIpc) is 2.38. The van der Waals surface area contributed by atoms with Crippen LogP contribution in [-0.2, 0) is 10.2 Å². The monoisotopic (exact) mass is 277 g/mol. The predicted molar refractivity (Wildman–Crippen MR) is 83.1 cm³/mol. The van der Waals surface area contributed by atoms with E-state index in [1.54, 1.807) is 6.92 Å². The fourth-order valence-electron chi connectivity index (χ4n) is 1.75. The van der Waals surface area contributed by atoms with Crippen molar-refractivity contribution < 1.29 is 9.53 Å². The van der Waals surface area contributed by atoms with Crippen LogP contribution in [0.5, 0.6) is 5.75 Å². The normalized spacial score (nSPS) is 14.5. The summed E-state index contributed by atoms with van der Waals surface area (Å²) >= 11 is 0. The van der Waals surface area contributed by atoms with Gasteiger partial charge in [-0.15, -0.1) is 0 Å². The summed E-state index contributed by atoms with van der Waals surface area (Å²) in [5, 5.41) is 2.92. The zero-order valence-electron chi connectivity index (χ0n) is 13.5. The van der Waals surface area contributed by atoms with Gasteiger partial charge in [0.25, 0.3) is 5.91 Å². The molecule has 0 aromatic heterocycles. The number of hydrogen-bond donors (Lipinski definition) is 1. The highest BCUT2D eigenvalue weighted by Gasteiger charge is 2.17. The van der Waals surface area contributed by atoms with E-state index < -0.39 is 6.10 Å². The van der Waals surface area contributed by atoms with Crippen molar-refractivity contribution in [1.82, 2.24) is 5.32 Å². The van der Waals surface area contributed by atoms with Crippen molar-refractivity contribution >= 4 is 5.91 Å². The van der Waals surface area contributed by atoms with Crippen molar-refractivity contribution in [3.05, 3.63) is 29.8 Å². The van der Waals surface area contributed by atoms with Crippen molar-refractivity contribution in [2.75, 3.05) is 0 Å². The summed E-state index contributed by atoms with van der Waals surface area (Å²) in [5.41, 5.74) is 1.37. The van der Waals surface area contributed by atoms with E-state index in [-0.39, 0.29) is 17.4 Å². The van der Waals surface area contributed by atoms with Gasteiger partial charge in [0.05, 0.1) is 0 Å². The van der Waals surface area contributed by atoms with Gasteiger partial charge in [-0.05, 0) is 43.4 Å². The first-order chi connectivity index (χ1) is 9.24. The molecule has 3 nitrogen and oxygen atoms in total. The Morgan fingerprint density at radius 1 is 1.20 bits per heavy atom. The molecular weight excluding hydrogens is 250 g/mol. The number of nitrogens with one attached hydrogen (secondary N) is 1. The molecule has 0 aliphatic carbocycles. The SMILES string of the molecule is CC[C@@H](C)NC(=O)[C@@H](C)Oc1ccc(C(C)(C)C)cc1. The van der Waals surface area contributed by atoms with Crippen LogP contribution < -0.4 is 10.1 Å². The zero-order chi connectivity index (χ0) is 15.3. The number of rotatable bonds is 5. The van der Waals surface area contributed by atoms with Gasteiger partial charge >= 0.3 is 0 Å². The Morgan fingerprint density at radius 3 is 2.20 bits per heavy atom. The molecule has 2 atom stereocenters. The molecule has 3 heteroatoms. The van der Waals surface area contributed by atoms with Gasteiger partial charge in [-0.2, -0.15) is 0 Å². The van der Waals surface area contributed by atoms with E-state index in [1.807, 2.05) is 26.0 Å². The minimum absolute atomic E-state index is 0.0701. The molecule has 1 rings (SSSR count). The first-order valence-electron chi connectivity index (χ1n) is 7.31. The number of carbonyl (C=O) groups is 1. The largest absolute Gasteiger partial charge is 0.481 e. The van der Waals surface area contributed by atoms with E-state index in [4.69, 9.17) is 4.74 Å². The molecule has 0 radical (unpaired) electrons. The van der Waals surface area contributed by atoms with Crippen molar-refractivity contribution in [3.63, 3.8) is 0 Å². The molecule has 1 aromatic rings. The molecule has 0 unspecified atom stereocenters. The van der Waals surface area contributed by atoms with Crippen LogP contribution in [0.3, 0.4) is 0 Å². The van der Waals surface area contributed by atoms with Crippen LogP contribution in [0.4, 0.5) is 0 Å². The highest BCUT2D eigenvalue weighted by atomic mass is 16.5. The number of ether oxygens (including phenoxy) is 1. The zero-order valence-corrected chi connectivity index (χ0v) is 13.5. The lowest BCUT2D eigenvalue weighted by molar-refractivity contribution is -0.127. The molecule has 1 aromatic carbocycles. The summed E-state index contributed by atoms with van der Waals surface area (Å²) in [4.78, 5) is 11.9. The second-order valence-corrected chi connectivity index (χ2v) is 6.35. The number of amides is 1. The molecular formula is C17H27NO2. The van der Waals surface area contributed by atoms with Gasteiger partial charge < -0.3 is 10.1 Å². The van der Waals surface area contributed by atoms with E-state index in [1.165, 1.54) is 5.56 Å². The Morgan fingerprint density at radius 2 is 1.75 bits per heavy atom. The van der Waals surface area contributed by atoms with Crippen LogP contribution in [-0.4, -0.2) is 18.1 Å². The minimum Gasteiger partial charge on any atom is -0.481 e. The van der Waals surface area contributed by atoms with E-state index in [9.17, 15) is 4.79 Å². The summed E-state index contributed by atoms with van der Waals surface area (Å²) in [6, 6.07) is 8.13. The number of benzene rings is 1. The molecule has 20 heavy (non-hydrogen) atoms. The van der Waals surface area contributed by atoms with E-state index in [0.717, 1.165) is 12.2 Å². The summed E-state index contributed by atoms with van der Waals surface area (Å²) in [6.07, 6.45) is 0.433. The minimum atomic E-state index is -0.482. The lowest BCUT2D eigenvalue weighted by Crippen LogP contribution is -2.40. The van der Waals surface area contributed by atoms with Gasteiger partial charge in [0.15, 0.2) is 6.10 Å². The van der Waals surface area contributed by atoms with Gasteiger partial charge in [-0.25, -0.2) is 0 Å². The smallest absolute Gasteiger partial charge is 0.260 e. The Bertz CT molecular complexity index is 431. The highest BCUT2D eigenvalue weighted by Crippen LogP contribution is 2.24. The Hall–Kier alpha value is -1.51. The van der Waals surface area contributed by atoms with Crippen LogP contribution in [0, 0.1) is 0 Å². The Kier molecular flexibility index (Phi) is 5.61. The molecule has 0 heterocycles. The molecule has 0 aliphatic heterocycles. The molecule has 1 N–H and O–H groups in total. The maximum atomic E-state index is 11.9. The fourth-order valence-corrected chi connectivity index (χ4v) is 1.75. The highest BCUT2D eigenvalue weighted by molar-refractivity contribution is 5.80. The second kappa shape index (κ2) is 6.78. The van der Waals surface area contributed by atoms with Gasteiger partial charge in [-0.3, -0.25) is 4.79 Å². The van der Waals surface area contributed by atoms with Crippen molar-refractivity contribution in [2.24, 2.45) is 0 Å². The second-order valence-electron chi connectivity index (χ2n) is 6.35. The summed E-state index contributed by atoms with van der Waals surface area (Å²) in [5.74, 6) is 0.657. The van der Waals surface area contributed by atoms with E-state index in [0.29, 0.717) is 0 Å². The lowest BCUT2D eigenvalue weighted by atomic mass is 9.87. The molecule has 0 saturated carbocycles. The Labute approximate surface area is 122 Å². The average molecular weight is 277 g/mol. The molecule has 0 aliphatic rings. The van der Waals surface area contributed by atoms with Gasteiger partial charge in [0.1, 0.15) is 5.75 Å². The van der Waals surface area contributed by atoms with Gasteiger partial charge in [0, 0.05) is 6.04 Å². The molecule has 0 spiro atoms. The predicted octanol–water partition coefficient (Wildman–Crippen LogP) is 3.67. The molecule has 0 bridgehead atoms. The van der Waals surface area contributed by atoms with Crippen LogP contribution in [0.25, 0.3) is 0 Å². The van der Waals surface area contributed by atoms with Crippen LogP contribution >= 0.6 is 0 Å². The quantitative estimate of drug-likeness (QED) is 0.892. The fraction of sp³-hybridized carbons (Fsp3) is 0.588. The Balaban J connectivity index is 2.62. The van der Waals surface area contributed by atoms with Gasteiger partial charge in [-0.1, -0.05) is 39.8 Å². The standard InChI is InChI=1S/C17H27NO2/c1-7-12(2)18-16(19)13(3)20-15-10-8-14(9-11-15)17(4,5)6/h8-13H,7H2,1-6H3,(H,18,19)/t12-,13-/m1/s1. The van der Waals surface area contributed by atoms with Crippen LogP contribution in [0.2, 0.25) is 0 Å². The van der Waals surface area contributed by atoms with Crippen molar-refractivity contribution in [1.29, 1.82) is 0 Å². The van der Waals surface area contributed by atoms with Gasteiger partial charge in [0.2, 0.25) is 0 Å². The lowest BCUT2D eigenvalue weighted by Gasteiger charge is -2.20. The summed E-state index contributed by atoms with van der Waals surface area (Å²) in [6.45, 7) is 12.3. The van der Waals surface area contributed by atoms with Crippen molar-refractivity contribution in [3.8, 4) is 5.75 Å². The molecule has 1 amide bonds. The topological polar surface area (TPSA) is 38.3 Å². The first-order valence-corrected chi connectivity index (χ1v) is 7.31.